The minimum absolute atomic E-state index is 0.155. The standard InChI is InChI=1S/C18H20BrFN4OS/c1-12-3-2-6-24(9-12)16-8-18(22-11-21-16)26-10-17(25)23-15-5-4-13(19)7-14(15)20/h4-5,7-8,11-12H,2-3,6,9-10H2,1H3,(H,23,25). The maximum Gasteiger partial charge on any atom is 0.234 e. The first-order valence-corrected chi connectivity index (χ1v) is 10.2. The van der Waals surface area contributed by atoms with Crippen molar-refractivity contribution in [2.24, 2.45) is 5.92 Å². The fraction of sp³-hybridized carbons (Fsp3) is 0.389. The lowest BCUT2D eigenvalue weighted by Gasteiger charge is -2.31. The van der Waals surface area contributed by atoms with Gasteiger partial charge < -0.3 is 10.2 Å². The molecule has 1 fully saturated rings. The number of hydrogen-bond acceptors (Lipinski definition) is 5. The number of aromatic nitrogens is 2. The van der Waals surface area contributed by atoms with Crippen LogP contribution in [0.5, 0.6) is 0 Å². The normalized spacial score (nSPS) is 17.2. The van der Waals surface area contributed by atoms with Crippen LogP contribution in [0.15, 0.2) is 40.1 Å². The summed E-state index contributed by atoms with van der Waals surface area (Å²) in [5.41, 5.74) is 0.171. The average molecular weight is 439 g/mol. The van der Waals surface area contributed by atoms with Gasteiger partial charge in [0, 0.05) is 23.6 Å². The molecule has 0 aliphatic carbocycles. The molecule has 8 heteroatoms. The second-order valence-corrected chi connectivity index (χ2v) is 8.28. The number of nitrogens with one attached hydrogen (secondary N) is 1. The van der Waals surface area contributed by atoms with Gasteiger partial charge in [-0.2, -0.15) is 0 Å². The Hall–Kier alpha value is -1.67. The molecular formula is C18H20BrFN4OS. The molecule has 0 saturated carbocycles. The Labute approximate surface area is 164 Å². The molecule has 2 aromatic rings. The molecule has 1 saturated heterocycles. The summed E-state index contributed by atoms with van der Waals surface area (Å²) < 4.78 is 14.4. The van der Waals surface area contributed by atoms with E-state index in [1.54, 1.807) is 6.07 Å². The number of piperidine rings is 1. The third kappa shape index (κ3) is 5.17. The van der Waals surface area contributed by atoms with E-state index in [4.69, 9.17) is 0 Å². The summed E-state index contributed by atoms with van der Waals surface area (Å²) in [7, 11) is 0. The summed E-state index contributed by atoms with van der Waals surface area (Å²) in [5, 5.41) is 3.32. The van der Waals surface area contributed by atoms with Crippen LogP contribution in [0, 0.1) is 11.7 Å². The summed E-state index contributed by atoms with van der Waals surface area (Å²) in [6.45, 7) is 4.23. The molecule has 3 rings (SSSR count). The highest BCUT2D eigenvalue weighted by molar-refractivity contribution is 9.10. The van der Waals surface area contributed by atoms with Crippen LogP contribution in [0.25, 0.3) is 0 Å². The molecule has 26 heavy (non-hydrogen) atoms. The quantitative estimate of drug-likeness (QED) is 0.555. The Kier molecular flexibility index (Phi) is 6.48. The van der Waals surface area contributed by atoms with Crippen LogP contribution in [0.4, 0.5) is 15.9 Å². The van der Waals surface area contributed by atoms with E-state index in [0.717, 1.165) is 30.4 Å². The Bertz CT molecular complexity index is 792. The topological polar surface area (TPSA) is 58.1 Å². The van der Waals surface area contributed by atoms with Crippen LogP contribution in [0.3, 0.4) is 0 Å². The van der Waals surface area contributed by atoms with Crippen molar-refractivity contribution in [1.82, 2.24) is 9.97 Å². The van der Waals surface area contributed by atoms with Gasteiger partial charge in [-0.3, -0.25) is 4.79 Å². The first-order valence-electron chi connectivity index (χ1n) is 8.46. The predicted molar refractivity (Wildman–Crippen MR) is 106 cm³/mol. The van der Waals surface area contributed by atoms with Crippen molar-refractivity contribution in [3.63, 3.8) is 0 Å². The zero-order valence-corrected chi connectivity index (χ0v) is 16.8. The van der Waals surface area contributed by atoms with E-state index in [1.807, 2.05) is 6.07 Å². The number of anilines is 2. The third-order valence-corrected chi connectivity index (χ3v) is 5.58. The van der Waals surface area contributed by atoms with Gasteiger partial charge in [-0.25, -0.2) is 14.4 Å². The maximum absolute atomic E-state index is 13.8. The minimum atomic E-state index is -0.471. The van der Waals surface area contributed by atoms with Gasteiger partial charge >= 0.3 is 0 Å². The van der Waals surface area contributed by atoms with Gasteiger partial charge in [-0.15, -0.1) is 0 Å². The minimum Gasteiger partial charge on any atom is -0.356 e. The van der Waals surface area contributed by atoms with E-state index >= 15 is 0 Å². The van der Waals surface area contributed by atoms with Gasteiger partial charge in [0.2, 0.25) is 5.91 Å². The van der Waals surface area contributed by atoms with Gasteiger partial charge in [0.1, 0.15) is 23.0 Å². The number of halogens is 2. The van der Waals surface area contributed by atoms with E-state index in [9.17, 15) is 9.18 Å². The number of carbonyl (C=O) groups excluding carboxylic acids is 1. The molecule has 1 unspecified atom stereocenters. The fourth-order valence-electron chi connectivity index (χ4n) is 2.90. The number of thioether (sulfide) groups is 1. The largest absolute Gasteiger partial charge is 0.356 e. The monoisotopic (exact) mass is 438 g/mol. The number of nitrogens with zero attached hydrogens (tertiary/aromatic N) is 3. The lowest BCUT2D eigenvalue weighted by Crippen LogP contribution is -2.34. The SMILES string of the molecule is CC1CCCN(c2cc(SCC(=O)Nc3ccc(Br)cc3F)ncn2)C1. The Morgan fingerprint density at radius 2 is 2.27 bits per heavy atom. The average Bonchev–Trinajstić information content (AvgIpc) is 2.63. The van der Waals surface area contributed by atoms with E-state index in [2.05, 4.69) is 43.0 Å². The van der Waals surface area contributed by atoms with Crippen molar-refractivity contribution in [2.75, 3.05) is 29.1 Å². The van der Waals surface area contributed by atoms with Crippen molar-refractivity contribution < 1.29 is 9.18 Å². The van der Waals surface area contributed by atoms with Crippen molar-refractivity contribution in [2.45, 2.75) is 24.8 Å². The van der Waals surface area contributed by atoms with Gasteiger partial charge in [0.15, 0.2) is 0 Å². The second kappa shape index (κ2) is 8.81. The zero-order valence-electron chi connectivity index (χ0n) is 14.4. The fourth-order valence-corrected chi connectivity index (χ4v) is 3.89. The first-order chi connectivity index (χ1) is 12.5. The smallest absolute Gasteiger partial charge is 0.234 e. The van der Waals surface area contributed by atoms with Crippen LogP contribution in [-0.4, -0.2) is 34.7 Å². The Morgan fingerprint density at radius 1 is 1.42 bits per heavy atom. The first kappa shape index (κ1) is 19.1. The van der Waals surface area contributed by atoms with E-state index in [-0.39, 0.29) is 17.3 Å². The summed E-state index contributed by atoms with van der Waals surface area (Å²) in [6, 6.07) is 6.44. The molecule has 1 amide bonds. The summed E-state index contributed by atoms with van der Waals surface area (Å²) in [6.07, 6.45) is 3.94. The maximum atomic E-state index is 13.8. The number of benzene rings is 1. The van der Waals surface area contributed by atoms with Gasteiger partial charge in [0.25, 0.3) is 0 Å². The molecule has 1 N–H and O–H groups in total. The van der Waals surface area contributed by atoms with Crippen LogP contribution in [-0.2, 0) is 4.79 Å². The van der Waals surface area contributed by atoms with Crippen molar-refractivity contribution in [3.8, 4) is 0 Å². The van der Waals surface area contributed by atoms with E-state index < -0.39 is 5.82 Å². The van der Waals surface area contributed by atoms with Gasteiger partial charge in [0.05, 0.1) is 11.4 Å². The molecule has 2 heterocycles. The highest BCUT2D eigenvalue weighted by atomic mass is 79.9. The number of rotatable bonds is 5. The molecule has 1 aromatic carbocycles. The zero-order chi connectivity index (χ0) is 18.5. The molecule has 0 spiro atoms. The summed E-state index contributed by atoms with van der Waals surface area (Å²) >= 11 is 4.51. The molecule has 1 aromatic heterocycles. The van der Waals surface area contributed by atoms with E-state index in [0.29, 0.717) is 10.4 Å². The lowest BCUT2D eigenvalue weighted by atomic mass is 10.0. The number of amides is 1. The third-order valence-electron chi connectivity index (χ3n) is 4.16. The molecule has 1 aliphatic heterocycles. The van der Waals surface area contributed by atoms with Crippen LogP contribution >= 0.6 is 27.7 Å². The van der Waals surface area contributed by atoms with Crippen LogP contribution in [0.2, 0.25) is 0 Å². The van der Waals surface area contributed by atoms with Crippen LogP contribution in [0.1, 0.15) is 19.8 Å². The molecule has 5 nitrogen and oxygen atoms in total. The van der Waals surface area contributed by atoms with Crippen molar-refractivity contribution in [3.05, 3.63) is 40.9 Å². The molecule has 0 bridgehead atoms. The Morgan fingerprint density at radius 3 is 3.04 bits per heavy atom. The molecule has 1 atom stereocenters. The van der Waals surface area contributed by atoms with E-state index in [1.165, 1.54) is 36.6 Å². The van der Waals surface area contributed by atoms with Crippen LogP contribution < -0.4 is 10.2 Å². The molecule has 0 radical (unpaired) electrons. The van der Waals surface area contributed by atoms with Crippen molar-refractivity contribution >= 4 is 45.1 Å². The number of carbonyl (C=O) groups is 1. The number of hydrogen-bond donors (Lipinski definition) is 1. The van der Waals surface area contributed by atoms with Gasteiger partial charge in [-0.05, 0) is 37.0 Å². The Balaban J connectivity index is 1.57. The predicted octanol–water partition coefficient (Wildman–Crippen LogP) is 4.35. The molecule has 1 aliphatic rings. The lowest BCUT2D eigenvalue weighted by molar-refractivity contribution is -0.113. The summed E-state index contributed by atoms with van der Waals surface area (Å²) in [5.74, 6) is 0.960. The highest BCUT2D eigenvalue weighted by Gasteiger charge is 2.18. The highest BCUT2D eigenvalue weighted by Crippen LogP contribution is 2.25. The second-order valence-electron chi connectivity index (χ2n) is 6.37. The summed E-state index contributed by atoms with van der Waals surface area (Å²) in [4.78, 5) is 22.9. The molecule has 138 valence electrons. The van der Waals surface area contributed by atoms with Gasteiger partial charge in [-0.1, -0.05) is 34.6 Å². The molecular weight excluding hydrogens is 419 g/mol. The van der Waals surface area contributed by atoms with Crippen molar-refractivity contribution in [1.29, 1.82) is 0 Å².